The van der Waals surface area contributed by atoms with Crippen LogP contribution >= 0.6 is 0 Å². The second-order valence-electron chi connectivity index (χ2n) is 10.8. The van der Waals surface area contributed by atoms with Crippen molar-refractivity contribution >= 4 is 29.2 Å². The molecular weight excluding hydrogens is 511 g/mol. The van der Waals surface area contributed by atoms with E-state index in [1.54, 1.807) is 18.3 Å². The number of halogens is 1. The molecule has 11 heteroatoms. The molecule has 3 fully saturated rings. The molecule has 7 rings (SSSR count). The van der Waals surface area contributed by atoms with Crippen LogP contribution in [0.1, 0.15) is 37.3 Å². The van der Waals surface area contributed by atoms with Crippen LogP contribution in [0.2, 0.25) is 0 Å². The highest BCUT2D eigenvalue weighted by atomic mass is 19.1. The minimum atomic E-state index is -0.819. The summed E-state index contributed by atoms with van der Waals surface area (Å²) in [6.45, 7) is 2.04. The number of imide groups is 1. The van der Waals surface area contributed by atoms with Gasteiger partial charge in [-0.1, -0.05) is 18.2 Å². The molecule has 40 heavy (non-hydrogen) atoms. The highest BCUT2D eigenvalue weighted by Gasteiger charge is 2.51. The van der Waals surface area contributed by atoms with Crippen molar-refractivity contribution in [2.75, 3.05) is 36.5 Å². The van der Waals surface area contributed by atoms with E-state index < -0.39 is 5.54 Å². The van der Waals surface area contributed by atoms with E-state index in [1.807, 2.05) is 40.9 Å². The molecule has 3 aliphatic heterocycles. The Bertz CT molecular complexity index is 1630. The normalized spacial score (nSPS) is 20.6. The number of pyridine rings is 1. The highest BCUT2D eigenvalue weighted by Crippen LogP contribution is 2.36. The molecule has 1 N–H and O–H groups in total. The number of imidazole rings is 1. The van der Waals surface area contributed by atoms with Crippen LogP contribution in [-0.4, -0.2) is 68.6 Å². The zero-order valence-corrected chi connectivity index (χ0v) is 22.1. The quantitative estimate of drug-likeness (QED) is 0.393. The average molecular weight is 541 g/mol. The van der Waals surface area contributed by atoms with Gasteiger partial charge in [0.15, 0.2) is 5.65 Å². The monoisotopic (exact) mass is 540 g/mol. The van der Waals surface area contributed by atoms with Gasteiger partial charge in [0.1, 0.15) is 28.7 Å². The molecule has 3 amide bonds. The largest absolute Gasteiger partial charge is 0.356 e. The number of carbonyl (C=O) groups excluding carboxylic acids is 2. The van der Waals surface area contributed by atoms with Crippen LogP contribution in [0.4, 0.5) is 20.8 Å². The Balaban J connectivity index is 1.15. The fourth-order valence-electron chi connectivity index (χ4n) is 6.25. The molecule has 1 spiro atoms. The Hall–Kier alpha value is -4.54. The molecule has 0 unspecified atom stereocenters. The first kappa shape index (κ1) is 24.5. The molecule has 10 nitrogen and oxygen atoms in total. The van der Waals surface area contributed by atoms with Crippen LogP contribution in [-0.2, 0) is 4.79 Å². The van der Waals surface area contributed by atoms with E-state index in [0.717, 1.165) is 48.0 Å². The Morgan fingerprint density at radius 3 is 2.60 bits per heavy atom. The maximum Gasteiger partial charge on any atom is 0.324 e. The van der Waals surface area contributed by atoms with Gasteiger partial charge in [-0.2, -0.15) is 0 Å². The zero-order chi connectivity index (χ0) is 27.4. The molecule has 3 saturated heterocycles. The Kier molecular flexibility index (Phi) is 5.69. The van der Waals surface area contributed by atoms with Crippen LogP contribution < -0.4 is 15.1 Å². The van der Waals surface area contributed by atoms with Gasteiger partial charge >= 0.3 is 6.03 Å². The molecule has 1 aromatic carbocycles. The van der Waals surface area contributed by atoms with Crippen LogP contribution in [0.3, 0.4) is 0 Å². The van der Waals surface area contributed by atoms with Crippen molar-refractivity contribution < 1.29 is 14.0 Å². The number of carbonyl (C=O) groups is 2. The molecule has 0 bridgehead atoms. The molecule has 3 aliphatic rings. The fourth-order valence-corrected chi connectivity index (χ4v) is 6.25. The summed E-state index contributed by atoms with van der Waals surface area (Å²) in [5.41, 5.74) is 2.36. The Morgan fingerprint density at radius 1 is 1.00 bits per heavy atom. The lowest BCUT2D eigenvalue weighted by Crippen LogP contribution is -2.55. The summed E-state index contributed by atoms with van der Waals surface area (Å²) < 4.78 is 15.8. The molecule has 204 valence electrons. The van der Waals surface area contributed by atoms with E-state index in [4.69, 9.17) is 10.1 Å². The Morgan fingerprint density at radius 2 is 1.82 bits per heavy atom. The third-order valence-electron chi connectivity index (χ3n) is 8.43. The van der Waals surface area contributed by atoms with Gasteiger partial charge in [0.2, 0.25) is 0 Å². The predicted octanol–water partition coefficient (Wildman–Crippen LogP) is 3.79. The molecule has 1 atom stereocenters. The third-order valence-corrected chi connectivity index (χ3v) is 8.43. The minimum absolute atomic E-state index is 0.0628. The van der Waals surface area contributed by atoms with E-state index in [0.29, 0.717) is 31.6 Å². The molecule has 4 aromatic rings. The summed E-state index contributed by atoms with van der Waals surface area (Å²) in [5.74, 6) is 1.22. The van der Waals surface area contributed by atoms with E-state index in [-0.39, 0.29) is 23.8 Å². The number of aromatic nitrogens is 4. The highest BCUT2D eigenvalue weighted by molar-refractivity contribution is 6.06. The summed E-state index contributed by atoms with van der Waals surface area (Å²) in [6.07, 6.45) is 4.77. The van der Waals surface area contributed by atoms with Crippen LogP contribution in [0.5, 0.6) is 0 Å². The first-order valence-corrected chi connectivity index (χ1v) is 13.6. The molecule has 0 saturated carbocycles. The average Bonchev–Trinajstić information content (AvgIpc) is 3.68. The van der Waals surface area contributed by atoms with E-state index in [1.165, 1.54) is 18.0 Å². The maximum absolute atomic E-state index is 14.0. The van der Waals surface area contributed by atoms with E-state index >= 15 is 0 Å². The van der Waals surface area contributed by atoms with Gasteiger partial charge in [0.25, 0.3) is 5.91 Å². The van der Waals surface area contributed by atoms with Gasteiger partial charge in [-0.05, 0) is 67.6 Å². The number of piperidine rings is 1. The number of anilines is 2. The summed E-state index contributed by atoms with van der Waals surface area (Å²) >= 11 is 0. The predicted molar refractivity (Wildman–Crippen MR) is 147 cm³/mol. The summed E-state index contributed by atoms with van der Waals surface area (Å²) in [6, 6.07) is 16.3. The van der Waals surface area contributed by atoms with Crippen LogP contribution in [0, 0.1) is 5.82 Å². The SMILES string of the molecule is CN1C(=O)NC2(CCN(c3cccc(-c4cnc5ccc(N6CCC[C@@H]6c6cccc(F)c6)nn45)n3)CC2)C1=O. The topological polar surface area (TPSA) is 99.0 Å². The number of hydrogen-bond donors (Lipinski definition) is 1. The van der Waals surface area contributed by atoms with Gasteiger partial charge < -0.3 is 15.1 Å². The summed E-state index contributed by atoms with van der Waals surface area (Å²) in [4.78, 5) is 39.8. The van der Waals surface area contributed by atoms with Gasteiger partial charge in [-0.3, -0.25) is 9.69 Å². The van der Waals surface area contributed by atoms with Crippen molar-refractivity contribution in [3.8, 4) is 11.4 Å². The van der Waals surface area contributed by atoms with Gasteiger partial charge in [-0.15, -0.1) is 5.10 Å². The fraction of sp³-hybridized carbons (Fsp3) is 0.345. The molecule has 6 heterocycles. The number of likely N-dealkylation sites (N-methyl/N-ethyl adjacent to an activating group) is 1. The van der Waals surface area contributed by atoms with Gasteiger partial charge in [-0.25, -0.2) is 23.7 Å². The number of fused-ring (bicyclic) bond motifs is 1. The number of benzene rings is 1. The first-order valence-electron chi connectivity index (χ1n) is 13.6. The minimum Gasteiger partial charge on any atom is -0.356 e. The first-order chi connectivity index (χ1) is 19.4. The number of hydrogen-bond acceptors (Lipinski definition) is 7. The second kappa shape index (κ2) is 9.29. The van der Waals surface area contributed by atoms with E-state index in [2.05, 4.69) is 20.1 Å². The van der Waals surface area contributed by atoms with E-state index in [9.17, 15) is 14.0 Å². The van der Waals surface area contributed by atoms with Gasteiger partial charge in [0, 0.05) is 26.7 Å². The van der Waals surface area contributed by atoms with Gasteiger partial charge in [0.05, 0.1) is 17.9 Å². The third kappa shape index (κ3) is 3.95. The molecular formula is C29H29FN8O2. The number of nitrogens with zero attached hydrogens (tertiary/aromatic N) is 7. The maximum atomic E-state index is 14.0. The molecule has 3 aromatic heterocycles. The van der Waals surface area contributed by atoms with Crippen molar-refractivity contribution in [3.05, 3.63) is 72.2 Å². The standard InChI is InChI=1S/C29H29FN8O2/c1-35-27(39)29(33-28(35)40)12-15-36(16-13-29)25-9-3-7-21(32-25)23-18-31-24-10-11-26(34-38(23)24)37-14-4-8-22(37)19-5-2-6-20(30)17-19/h2-3,5-7,9-11,17-18,22H,4,8,12-16H2,1H3,(H,33,40)/t22-/m1/s1. The van der Waals surface area contributed by atoms with Crippen molar-refractivity contribution in [2.24, 2.45) is 0 Å². The lowest BCUT2D eigenvalue weighted by atomic mass is 9.87. The number of rotatable bonds is 4. The number of nitrogens with one attached hydrogen (secondary N) is 1. The second-order valence-corrected chi connectivity index (χ2v) is 10.8. The summed E-state index contributed by atoms with van der Waals surface area (Å²) in [5, 5.41) is 7.84. The van der Waals surface area contributed by atoms with Crippen molar-refractivity contribution in [2.45, 2.75) is 37.3 Å². The lowest BCUT2D eigenvalue weighted by molar-refractivity contribution is -0.131. The Labute approximate surface area is 230 Å². The lowest BCUT2D eigenvalue weighted by Gasteiger charge is -2.37. The summed E-state index contributed by atoms with van der Waals surface area (Å²) in [7, 11) is 1.52. The molecule has 0 aliphatic carbocycles. The zero-order valence-electron chi connectivity index (χ0n) is 22.1. The molecule has 0 radical (unpaired) electrons. The smallest absolute Gasteiger partial charge is 0.324 e. The van der Waals surface area contributed by atoms with Crippen LogP contribution in [0.15, 0.2) is 60.8 Å². The van der Waals surface area contributed by atoms with Crippen LogP contribution in [0.25, 0.3) is 17.0 Å². The number of urea groups is 1. The van der Waals surface area contributed by atoms with Crippen molar-refractivity contribution in [1.82, 2.24) is 29.8 Å². The van der Waals surface area contributed by atoms with Crippen molar-refractivity contribution in [1.29, 1.82) is 0 Å². The number of amides is 3. The van der Waals surface area contributed by atoms with Crippen molar-refractivity contribution in [3.63, 3.8) is 0 Å².